The van der Waals surface area contributed by atoms with Crippen molar-refractivity contribution in [2.24, 2.45) is 0 Å². The Labute approximate surface area is 93.7 Å². The maximum absolute atomic E-state index is 12.1. The van der Waals surface area contributed by atoms with Gasteiger partial charge in [-0.1, -0.05) is 12.2 Å². The molecule has 0 unspecified atom stereocenters. The molecule has 0 aromatic heterocycles. The number of rotatable bonds is 8. The molecule has 0 heterocycles. The van der Waals surface area contributed by atoms with Crippen molar-refractivity contribution in [2.45, 2.75) is 6.92 Å². The van der Waals surface area contributed by atoms with E-state index in [0.717, 1.165) is 6.92 Å². The lowest BCUT2D eigenvalue weighted by molar-refractivity contribution is -0.114. The highest BCUT2D eigenvalue weighted by molar-refractivity contribution is 7.74. The molecule has 7 heteroatoms. The molecular weight excluding hydrogens is 231 g/mol. The molecule has 0 spiro atoms. The molecule has 0 N–H and O–H groups in total. The summed E-state index contributed by atoms with van der Waals surface area (Å²) in [5.74, 6) is -0.695. The van der Waals surface area contributed by atoms with Crippen LogP contribution < -0.4 is 0 Å². The van der Waals surface area contributed by atoms with E-state index in [2.05, 4.69) is 17.9 Å². The topological polar surface area (TPSA) is 89.0 Å². The van der Waals surface area contributed by atoms with Gasteiger partial charge in [-0.15, -0.1) is 13.2 Å². The molecular formula is C9H13N2O4P. The van der Waals surface area contributed by atoms with Crippen LogP contribution in [0.15, 0.2) is 25.3 Å². The van der Waals surface area contributed by atoms with Gasteiger partial charge in [-0.2, -0.15) is 4.79 Å². The first-order valence-corrected chi connectivity index (χ1v) is 5.90. The van der Waals surface area contributed by atoms with Crippen LogP contribution in [-0.4, -0.2) is 29.2 Å². The van der Waals surface area contributed by atoms with Gasteiger partial charge in [0.05, 0.1) is 13.2 Å². The second-order valence-corrected chi connectivity index (χ2v) is 4.58. The average Bonchev–Trinajstić information content (AvgIpc) is 2.24. The Morgan fingerprint density at radius 3 is 2.06 bits per heavy atom. The van der Waals surface area contributed by atoms with Gasteiger partial charge in [0.2, 0.25) is 5.78 Å². The fourth-order valence-corrected chi connectivity index (χ4v) is 2.20. The molecule has 0 rings (SSSR count). The van der Waals surface area contributed by atoms with Gasteiger partial charge in [0.25, 0.3) is 0 Å². The first-order chi connectivity index (χ1) is 7.51. The summed E-state index contributed by atoms with van der Waals surface area (Å²) in [4.78, 5) is 13.7. The van der Waals surface area contributed by atoms with Crippen molar-refractivity contribution in [3.63, 3.8) is 0 Å². The van der Waals surface area contributed by atoms with Crippen molar-refractivity contribution in [3.8, 4) is 0 Å². The number of ketones is 1. The summed E-state index contributed by atoms with van der Waals surface area (Å²) < 4.78 is 21.8. The van der Waals surface area contributed by atoms with Gasteiger partial charge in [-0.3, -0.25) is 13.8 Å². The smallest absolute Gasteiger partial charge is 0.360 e. The molecule has 16 heavy (non-hydrogen) atoms. The number of carbonyl (C=O) groups is 1. The van der Waals surface area contributed by atoms with Crippen molar-refractivity contribution >= 4 is 18.8 Å². The van der Waals surface area contributed by atoms with Crippen molar-refractivity contribution in [1.29, 1.82) is 0 Å². The third kappa shape index (κ3) is 4.04. The number of hydrogen-bond donors (Lipinski definition) is 0. The first-order valence-electron chi connectivity index (χ1n) is 4.36. The number of nitrogens with zero attached hydrogens (tertiary/aromatic N) is 2. The van der Waals surface area contributed by atoms with Crippen molar-refractivity contribution in [2.75, 3.05) is 13.2 Å². The molecule has 0 bridgehead atoms. The van der Waals surface area contributed by atoms with E-state index >= 15 is 0 Å². The molecule has 0 amide bonds. The third-order valence-electron chi connectivity index (χ3n) is 1.39. The minimum absolute atomic E-state index is 0.0965. The van der Waals surface area contributed by atoms with E-state index in [4.69, 9.17) is 14.6 Å². The van der Waals surface area contributed by atoms with E-state index in [1.165, 1.54) is 12.2 Å². The zero-order valence-corrected chi connectivity index (χ0v) is 9.85. The lowest BCUT2D eigenvalue weighted by atomic mass is 10.5. The second-order valence-electron chi connectivity index (χ2n) is 2.65. The summed E-state index contributed by atoms with van der Waals surface area (Å²) in [6, 6.07) is 0. The van der Waals surface area contributed by atoms with Crippen molar-refractivity contribution < 1.29 is 23.2 Å². The highest BCUT2D eigenvalue weighted by atomic mass is 31.2. The Kier molecular flexibility index (Phi) is 6.46. The zero-order valence-electron chi connectivity index (χ0n) is 8.96. The van der Waals surface area contributed by atoms with Gasteiger partial charge in [-0.25, -0.2) is 4.57 Å². The Hall–Kier alpha value is -1.32. The monoisotopic (exact) mass is 244 g/mol. The molecule has 0 aliphatic heterocycles. The predicted molar refractivity (Wildman–Crippen MR) is 59.2 cm³/mol. The molecule has 6 nitrogen and oxygen atoms in total. The number of hydrogen-bond acceptors (Lipinski definition) is 4. The fraction of sp³-hybridized carbons (Fsp3) is 0.333. The molecule has 0 saturated heterocycles. The highest BCUT2D eigenvalue weighted by Crippen LogP contribution is 2.49. The minimum Gasteiger partial charge on any atom is -0.360 e. The molecule has 0 fully saturated rings. The largest absolute Gasteiger partial charge is 0.447 e. The van der Waals surface area contributed by atoms with E-state index in [0.29, 0.717) is 0 Å². The Morgan fingerprint density at radius 1 is 1.38 bits per heavy atom. The average molecular weight is 244 g/mol. The van der Waals surface area contributed by atoms with Crippen LogP contribution in [0, 0.1) is 0 Å². The second kappa shape index (κ2) is 7.04. The van der Waals surface area contributed by atoms with Crippen LogP contribution in [0.25, 0.3) is 5.53 Å². The molecule has 0 aromatic carbocycles. The van der Waals surface area contributed by atoms with E-state index < -0.39 is 18.8 Å². The Morgan fingerprint density at radius 2 is 1.81 bits per heavy atom. The molecule has 0 atom stereocenters. The minimum atomic E-state index is -3.91. The van der Waals surface area contributed by atoms with E-state index in [1.54, 1.807) is 0 Å². The van der Waals surface area contributed by atoms with Crippen LogP contribution in [0.2, 0.25) is 0 Å². The molecule has 0 saturated carbocycles. The van der Waals surface area contributed by atoms with Crippen molar-refractivity contribution in [1.82, 2.24) is 0 Å². The standard InChI is InChI=1S/C9H13N2O4P/c1-4-6-14-16(13,15-7-5-2)9(11-10)8(3)12/h4-5H,1-2,6-7H2,3H3. The summed E-state index contributed by atoms with van der Waals surface area (Å²) in [7, 11) is -3.91. The summed E-state index contributed by atoms with van der Waals surface area (Å²) in [6.07, 6.45) is 2.66. The van der Waals surface area contributed by atoms with Crippen LogP contribution in [0.4, 0.5) is 0 Å². The van der Waals surface area contributed by atoms with Gasteiger partial charge < -0.3 is 5.53 Å². The van der Waals surface area contributed by atoms with Crippen LogP contribution in [-0.2, 0) is 18.4 Å². The lowest BCUT2D eigenvalue weighted by Crippen LogP contribution is -2.16. The lowest BCUT2D eigenvalue weighted by Gasteiger charge is -2.11. The van der Waals surface area contributed by atoms with Crippen molar-refractivity contribution in [3.05, 3.63) is 30.8 Å². The predicted octanol–water partition coefficient (Wildman–Crippen LogP) is 1.80. The maximum Gasteiger partial charge on any atom is 0.447 e. The maximum atomic E-state index is 12.1. The van der Waals surface area contributed by atoms with Crippen LogP contribution in [0.3, 0.4) is 0 Å². The quantitative estimate of drug-likeness (QED) is 0.214. The highest BCUT2D eigenvalue weighted by Gasteiger charge is 2.43. The van der Waals surface area contributed by atoms with Crippen LogP contribution in [0.1, 0.15) is 6.92 Å². The number of carbonyl (C=O) groups excluding carboxylic acids is 1. The van der Waals surface area contributed by atoms with Gasteiger partial charge in [0, 0.05) is 6.92 Å². The van der Waals surface area contributed by atoms with Gasteiger partial charge in [0.15, 0.2) is 0 Å². The normalized spacial score (nSPS) is 10.3. The summed E-state index contributed by atoms with van der Waals surface area (Å²) in [5.41, 5.74) is 7.97. The van der Waals surface area contributed by atoms with E-state index in [1.807, 2.05) is 0 Å². The number of Topliss-reactive ketones (excluding diaryl/α,β-unsaturated/α-hetero) is 1. The molecule has 0 aliphatic rings. The molecule has 0 aromatic rings. The Balaban J connectivity index is 5.11. The van der Waals surface area contributed by atoms with Crippen LogP contribution in [0.5, 0.6) is 0 Å². The summed E-state index contributed by atoms with van der Waals surface area (Å²) in [6.45, 7) is 7.63. The summed E-state index contributed by atoms with van der Waals surface area (Å²) >= 11 is 0. The van der Waals surface area contributed by atoms with E-state index in [-0.39, 0.29) is 13.2 Å². The van der Waals surface area contributed by atoms with E-state index in [9.17, 15) is 9.36 Å². The zero-order chi connectivity index (χ0) is 12.6. The Bertz CT molecular complexity index is 369. The summed E-state index contributed by atoms with van der Waals surface area (Å²) in [5, 5.41) is 0. The third-order valence-corrected chi connectivity index (χ3v) is 3.29. The molecule has 0 radical (unpaired) electrons. The molecule has 88 valence electrons. The fourth-order valence-electron chi connectivity index (χ4n) is 0.779. The van der Waals surface area contributed by atoms with Gasteiger partial charge >= 0.3 is 13.0 Å². The van der Waals surface area contributed by atoms with Gasteiger partial charge in [0.1, 0.15) is 0 Å². The first kappa shape index (κ1) is 14.7. The van der Waals surface area contributed by atoms with Gasteiger partial charge in [-0.05, 0) is 0 Å². The van der Waals surface area contributed by atoms with Crippen LogP contribution >= 0.6 is 7.60 Å². The molecule has 0 aliphatic carbocycles. The SMILES string of the molecule is C=CCOP(=O)(OCC=C)C(=[N+]=[N-])C(C)=O.